The molecule has 4 aliphatic rings. The van der Waals surface area contributed by atoms with E-state index in [-0.39, 0.29) is 29.9 Å². The van der Waals surface area contributed by atoms with Crippen molar-refractivity contribution < 1.29 is 19.5 Å². The van der Waals surface area contributed by atoms with Gasteiger partial charge in [-0.15, -0.1) is 0 Å². The van der Waals surface area contributed by atoms with Crippen molar-refractivity contribution in [2.24, 2.45) is 0 Å². The highest BCUT2D eigenvalue weighted by molar-refractivity contribution is 5.86. The fraction of sp³-hybridized carbons (Fsp3) is 0.386. The van der Waals surface area contributed by atoms with Crippen molar-refractivity contribution >= 4 is 17.9 Å². The van der Waals surface area contributed by atoms with Gasteiger partial charge in [0.15, 0.2) is 0 Å². The van der Waals surface area contributed by atoms with E-state index >= 15 is 0 Å². The summed E-state index contributed by atoms with van der Waals surface area (Å²) in [5.41, 5.74) is 7.07. The number of carboxylic acid groups (broad SMARTS) is 1. The highest BCUT2D eigenvalue weighted by Crippen LogP contribution is 2.45. The summed E-state index contributed by atoms with van der Waals surface area (Å²) in [4.78, 5) is 61.4. The van der Waals surface area contributed by atoms with Gasteiger partial charge in [0.25, 0.3) is 0 Å². The van der Waals surface area contributed by atoms with E-state index in [4.69, 9.17) is 10.1 Å². The maximum atomic E-state index is 14.5. The first-order chi connectivity index (χ1) is 27.3. The number of rotatable bonds is 10. The highest BCUT2D eigenvalue weighted by Gasteiger charge is 2.48. The summed E-state index contributed by atoms with van der Waals surface area (Å²) >= 11 is 0. The molecule has 4 N–H and O–H groups in total. The van der Waals surface area contributed by atoms with Gasteiger partial charge in [0.05, 0.1) is 35.9 Å². The van der Waals surface area contributed by atoms with E-state index in [1.165, 1.54) is 25.7 Å². The molecule has 4 fully saturated rings. The van der Waals surface area contributed by atoms with Crippen LogP contribution < -0.4 is 5.32 Å². The molecule has 2 aromatic heterocycles. The third-order valence-electron chi connectivity index (χ3n) is 12.5. The lowest BCUT2D eigenvalue weighted by molar-refractivity contribution is -0.139. The number of H-pyrrole nitrogens is 2. The molecule has 9 rings (SSSR count). The van der Waals surface area contributed by atoms with Crippen molar-refractivity contribution in [3.05, 3.63) is 108 Å². The molecule has 56 heavy (non-hydrogen) atoms. The average Bonchev–Trinajstić information content (AvgIpc) is 4.09. The van der Waals surface area contributed by atoms with Gasteiger partial charge in [0.1, 0.15) is 23.7 Å². The number of nitrogens with zero attached hydrogens (tertiary/aromatic N) is 5. The number of benzene rings is 3. The number of carbonyl (C=O) groups excluding carboxylic acids is 2. The van der Waals surface area contributed by atoms with Crippen LogP contribution in [0.2, 0.25) is 0 Å². The zero-order chi connectivity index (χ0) is 38.3. The van der Waals surface area contributed by atoms with Crippen LogP contribution in [0.15, 0.2) is 91.3 Å². The van der Waals surface area contributed by atoms with E-state index in [9.17, 15) is 14.4 Å². The first-order valence-corrected chi connectivity index (χ1v) is 20.1. The Labute approximate surface area is 326 Å². The smallest absolute Gasteiger partial charge is 0.405 e. The molecular formula is C44H48N8O4. The van der Waals surface area contributed by atoms with Gasteiger partial charge in [-0.2, -0.15) is 0 Å². The average molecular weight is 753 g/mol. The molecule has 2 bridgehead atoms. The summed E-state index contributed by atoms with van der Waals surface area (Å²) in [6.07, 6.45) is 10.7. The molecule has 288 valence electrons. The van der Waals surface area contributed by atoms with Crippen molar-refractivity contribution in [1.29, 1.82) is 0 Å². The summed E-state index contributed by atoms with van der Waals surface area (Å²) in [7, 11) is 0. The fourth-order valence-electron chi connectivity index (χ4n) is 9.72. The number of aromatic amines is 2. The van der Waals surface area contributed by atoms with Gasteiger partial charge in [-0.3, -0.25) is 14.5 Å². The van der Waals surface area contributed by atoms with E-state index in [1.807, 2.05) is 12.3 Å². The number of imidazole rings is 2. The van der Waals surface area contributed by atoms with Crippen molar-refractivity contribution in [2.75, 3.05) is 13.1 Å². The van der Waals surface area contributed by atoms with Crippen LogP contribution in [0.1, 0.15) is 93.6 Å². The maximum Gasteiger partial charge on any atom is 0.405 e. The monoisotopic (exact) mass is 752 g/mol. The van der Waals surface area contributed by atoms with Crippen LogP contribution in [0.4, 0.5) is 4.79 Å². The second-order valence-electron chi connectivity index (χ2n) is 15.8. The van der Waals surface area contributed by atoms with Gasteiger partial charge in [-0.1, -0.05) is 78.9 Å². The molecule has 0 spiro atoms. The largest absolute Gasteiger partial charge is 0.465 e. The molecule has 4 atom stereocenters. The van der Waals surface area contributed by atoms with Crippen LogP contribution in [0.25, 0.3) is 33.6 Å². The maximum absolute atomic E-state index is 14.5. The number of hydrogen-bond donors (Lipinski definition) is 4. The Balaban J connectivity index is 0.868. The van der Waals surface area contributed by atoms with Crippen LogP contribution in [-0.4, -0.2) is 88.9 Å². The Hall–Kier alpha value is -5.75. The van der Waals surface area contributed by atoms with Gasteiger partial charge in [0.2, 0.25) is 11.8 Å². The van der Waals surface area contributed by atoms with Crippen molar-refractivity contribution in [2.45, 2.75) is 94.5 Å². The molecule has 12 nitrogen and oxygen atoms in total. The Morgan fingerprint density at radius 3 is 1.61 bits per heavy atom. The topological polar surface area (TPSA) is 151 Å². The van der Waals surface area contributed by atoms with E-state index in [2.05, 4.69) is 103 Å². The predicted octanol–water partition coefficient (Wildman–Crippen LogP) is 7.49. The van der Waals surface area contributed by atoms with Crippen molar-refractivity contribution in [3.63, 3.8) is 0 Å². The van der Waals surface area contributed by atoms with Gasteiger partial charge < -0.3 is 30.2 Å². The second-order valence-corrected chi connectivity index (χ2v) is 15.8. The minimum atomic E-state index is -1.22. The van der Waals surface area contributed by atoms with Gasteiger partial charge in [-0.25, -0.2) is 14.8 Å². The summed E-state index contributed by atoms with van der Waals surface area (Å²) in [6.45, 7) is 2.87. The van der Waals surface area contributed by atoms with Gasteiger partial charge in [0, 0.05) is 25.2 Å². The Morgan fingerprint density at radius 2 is 1.12 bits per heavy atom. The second kappa shape index (κ2) is 15.1. The molecular weight excluding hydrogens is 705 g/mol. The fourth-order valence-corrected chi connectivity index (χ4v) is 9.72. The number of fused-ring (bicyclic) bond motifs is 2. The predicted molar refractivity (Wildman–Crippen MR) is 212 cm³/mol. The zero-order valence-corrected chi connectivity index (χ0v) is 31.6. The summed E-state index contributed by atoms with van der Waals surface area (Å²) in [5, 5.41) is 11.3. The highest BCUT2D eigenvalue weighted by atomic mass is 16.4. The number of aromatic nitrogens is 4. The van der Waals surface area contributed by atoms with E-state index in [0.29, 0.717) is 24.5 Å². The number of carbonyl (C=O) groups is 3. The molecule has 0 radical (unpaired) electrons. The lowest BCUT2D eigenvalue weighted by Gasteiger charge is -2.35. The van der Waals surface area contributed by atoms with Gasteiger partial charge >= 0.3 is 6.09 Å². The normalized spacial score (nSPS) is 23.1. The van der Waals surface area contributed by atoms with Gasteiger partial charge in [-0.05, 0) is 86.1 Å². The molecule has 6 heterocycles. The standard InChI is InChI=1S/C44H48N8O4/c1-27(47-44(55)56)42(53)50-23-5-9-37(50)40-45-25-35(48-40)30-15-11-28(12-16-30)29-13-17-31(18-14-29)36-26-46-41(49-36)38-10-6-24-51(38)43(54)39(32-7-3-2-4-8-32)52-33-19-20-34(52)22-21-33/h2-4,7-8,11-18,25-27,33-34,37-39,47H,5-6,9-10,19-24H2,1H3,(H,45,48)(H,46,49)(H,55,56)/t27-,33?,34?,37-,38-,39?/m0/s1. The zero-order valence-electron chi connectivity index (χ0n) is 31.6. The van der Waals surface area contributed by atoms with Crippen LogP contribution in [0.5, 0.6) is 0 Å². The Kier molecular flexibility index (Phi) is 9.66. The molecule has 5 aromatic rings. The van der Waals surface area contributed by atoms with Crippen LogP contribution in [0, 0.1) is 0 Å². The number of nitrogens with one attached hydrogen (secondary N) is 3. The Morgan fingerprint density at radius 1 is 0.661 bits per heavy atom. The van der Waals surface area contributed by atoms with E-state index in [0.717, 1.165) is 77.3 Å². The van der Waals surface area contributed by atoms with E-state index < -0.39 is 12.1 Å². The molecule has 3 amide bonds. The minimum absolute atomic E-state index is 0.0733. The molecule has 3 aromatic carbocycles. The summed E-state index contributed by atoms with van der Waals surface area (Å²) in [5.74, 6) is 1.50. The lowest BCUT2D eigenvalue weighted by atomic mass is 10.0. The molecule has 4 aliphatic heterocycles. The van der Waals surface area contributed by atoms with Crippen LogP contribution in [0.3, 0.4) is 0 Å². The number of likely N-dealkylation sites (tertiary alicyclic amines) is 2. The van der Waals surface area contributed by atoms with Crippen molar-refractivity contribution in [3.8, 4) is 33.6 Å². The molecule has 0 saturated carbocycles. The molecule has 1 unspecified atom stereocenters. The molecule has 4 saturated heterocycles. The van der Waals surface area contributed by atoms with Crippen LogP contribution >= 0.6 is 0 Å². The van der Waals surface area contributed by atoms with Crippen molar-refractivity contribution in [1.82, 2.24) is 40.0 Å². The number of hydrogen-bond acceptors (Lipinski definition) is 6. The lowest BCUT2D eigenvalue weighted by Crippen LogP contribution is -2.46. The van der Waals surface area contributed by atoms with Crippen LogP contribution in [-0.2, 0) is 9.59 Å². The minimum Gasteiger partial charge on any atom is -0.465 e. The first kappa shape index (κ1) is 35.9. The summed E-state index contributed by atoms with van der Waals surface area (Å²) in [6, 6.07) is 26.7. The third-order valence-corrected chi connectivity index (χ3v) is 12.5. The first-order valence-electron chi connectivity index (χ1n) is 20.1. The number of amides is 3. The quantitative estimate of drug-likeness (QED) is 0.116. The summed E-state index contributed by atoms with van der Waals surface area (Å²) < 4.78 is 0. The third kappa shape index (κ3) is 6.76. The molecule has 0 aliphatic carbocycles. The molecule has 12 heteroatoms. The SMILES string of the molecule is C[C@H](NC(=O)O)C(=O)N1CCC[C@H]1c1ncc(-c2ccc(-c3ccc(-c4cnc([C@@H]5CCCN5C(=O)C(c5ccccc5)N5C6CCC5CC6)[nH]4)cc3)cc2)[nH]1. The van der Waals surface area contributed by atoms with E-state index in [1.54, 1.807) is 18.0 Å². The Bertz CT molecular complexity index is 2180.